The SMILES string of the molecule is N#C/C(=C\c1ccccc1Cl)[N+](=O)[O-]. The molecule has 0 amide bonds. The van der Waals surface area contributed by atoms with E-state index in [9.17, 15) is 10.1 Å². The summed E-state index contributed by atoms with van der Waals surface area (Å²) in [5.41, 5.74) is -0.0690. The largest absolute Gasteiger partial charge is 0.346 e. The van der Waals surface area contributed by atoms with Gasteiger partial charge in [-0.3, -0.25) is 10.1 Å². The molecule has 0 fully saturated rings. The molecule has 0 atom stereocenters. The first kappa shape index (κ1) is 10.2. The average Bonchev–Trinajstić information content (AvgIpc) is 2.16. The summed E-state index contributed by atoms with van der Waals surface area (Å²) in [6, 6.07) is 8.07. The number of nitrogens with zero attached hydrogens (tertiary/aromatic N) is 2. The van der Waals surface area contributed by atoms with Crippen molar-refractivity contribution in [3.05, 3.63) is 50.7 Å². The number of nitriles is 1. The zero-order chi connectivity index (χ0) is 10.6. The smallest absolute Gasteiger partial charge is 0.258 e. The lowest BCUT2D eigenvalue weighted by Crippen LogP contribution is -1.95. The molecule has 1 aromatic carbocycles. The van der Waals surface area contributed by atoms with Gasteiger partial charge in [-0.2, -0.15) is 5.26 Å². The van der Waals surface area contributed by atoms with Crippen LogP contribution in [0.1, 0.15) is 5.56 Å². The Morgan fingerprint density at radius 2 is 2.21 bits per heavy atom. The second-order valence-electron chi connectivity index (χ2n) is 2.42. The second kappa shape index (κ2) is 4.40. The molecule has 14 heavy (non-hydrogen) atoms. The standard InChI is InChI=1S/C9H5ClN2O2/c10-9-4-2-1-3-7(9)5-8(6-11)12(13)14/h1-5H/b8-5+. The highest BCUT2D eigenvalue weighted by Crippen LogP contribution is 2.17. The molecular weight excluding hydrogens is 204 g/mol. The van der Waals surface area contributed by atoms with Crippen molar-refractivity contribution >= 4 is 17.7 Å². The van der Waals surface area contributed by atoms with Gasteiger partial charge in [0.15, 0.2) is 6.07 Å². The number of hydrogen-bond donors (Lipinski definition) is 0. The van der Waals surface area contributed by atoms with Gasteiger partial charge in [-0.15, -0.1) is 0 Å². The zero-order valence-electron chi connectivity index (χ0n) is 6.98. The van der Waals surface area contributed by atoms with E-state index < -0.39 is 10.6 Å². The van der Waals surface area contributed by atoms with Crippen LogP contribution in [0.3, 0.4) is 0 Å². The number of rotatable bonds is 2. The van der Waals surface area contributed by atoms with Gasteiger partial charge in [-0.1, -0.05) is 29.8 Å². The maximum Gasteiger partial charge on any atom is 0.346 e. The van der Waals surface area contributed by atoms with Crippen LogP contribution in [0.2, 0.25) is 5.02 Å². The molecule has 0 saturated heterocycles. The van der Waals surface area contributed by atoms with Crippen LogP contribution in [0.5, 0.6) is 0 Å². The molecule has 5 heteroatoms. The van der Waals surface area contributed by atoms with E-state index >= 15 is 0 Å². The van der Waals surface area contributed by atoms with Crippen molar-refractivity contribution in [2.24, 2.45) is 0 Å². The van der Waals surface area contributed by atoms with Crippen LogP contribution >= 0.6 is 11.6 Å². The normalized spacial score (nSPS) is 10.7. The molecule has 0 N–H and O–H groups in total. The monoisotopic (exact) mass is 208 g/mol. The quantitative estimate of drug-likeness (QED) is 0.426. The first-order valence-electron chi connectivity index (χ1n) is 3.66. The summed E-state index contributed by atoms with van der Waals surface area (Å²) in [4.78, 5) is 9.57. The molecule has 0 aliphatic carbocycles. The summed E-state index contributed by atoms with van der Waals surface area (Å²) < 4.78 is 0. The van der Waals surface area contributed by atoms with Crippen molar-refractivity contribution in [1.82, 2.24) is 0 Å². The summed E-state index contributed by atoms with van der Waals surface area (Å²) >= 11 is 5.75. The summed E-state index contributed by atoms with van der Waals surface area (Å²) in [5, 5.41) is 19.1. The molecule has 0 bridgehead atoms. The van der Waals surface area contributed by atoms with Crippen LogP contribution in [0.15, 0.2) is 30.0 Å². The average molecular weight is 209 g/mol. The fourth-order valence-corrected chi connectivity index (χ4v) is 1.06. The van der Waals surface area contributed by atoms with Crippen molar-refractivity contribution in [2.75, 3.05) is 0 Å². The Morgan fingerprint density at radius 3 is 2.71 bits per heavy atom. The fourth-order valence-electron chi connectivity index (χ4n) is 0.865. The topological polar surface area (TPSA) is 66.9 Å². The summed E-state index contributed by atoms with van der Waals surface area (Å²) in [6.07, 6.45) is 1.14. The summed E-state index contributed by atoms with van der Waals surface area (Å²) in [5.74, 6) is 0. The van der Waals surface area contributed by atoms with E-state index in [4.69, 9.17) is 16.9 Å². The van der Waals surface area contributed by atoms with Crippen LogP contribution in [0.4, 0.5) is 0 Å². The van der Waals surface area contributed by atoms with Crippen molar-refractivity contribution in [1.29, 1.82) is 5.26 Å². The van der Waals surface area contributed by atoms with Crippen LogP contribution < -0.4 is 0 Å². The number of benzene rings is 1. The third-order valence-corrected chi connectivity index (χ3v) is 1.85. The highest BCUT2D eigenvalue weighted by molar-refractivity contribution is 6.32. The minimum atomic E-state index is -0.747. The third kappa shape index (κ3) is 2.31. The molecule has 0 unspecified atom stereocenters. The Morgan fingerprint density at radius 1 is 1.57 bits per heavy atom. The minimum absolute atomic E-state index is 0.377. The van der Waals surface area contributed by atoms with E-state index in [1.165, 1.54) is 6.07 Å². The number of hydrogen-bond acceptors (Lipinski definition) is 3. The van der Waals surface area contributed by atoms with E-state index in [1.807, 2.05) is 0 Å². The van der Waals surface area contributed by atoms with Crippen molar-refractivity contribution in [2.45, 2.75) is 0 Å². The van der Waals surface area contributed by atoms with E-state index in [0.717, 1.165) is 6.08 Å². The summed E-state index contributed by atoms with van der Waals surface area (Å²) in [7, 11) is 0. The molecule has 0 saturated carbocycles. The van der Waals surface area contributed by atoms with Gasteiger partial charge in [-0.05, 0) is 6.07 Å². The molecule has 4 nitrogen and oxygen atoms in total. The van der Waals surface area contributed by atoms with Crippen molar-refractivity contribution in [3.63, 3.8) is 0 Å². The highest BCUT2D eigenvalue weighted by atomic mass is 35.5. The van der Waals surface area contributed by atoms with Crippen LogP contribution in [-0.2, 0) is 0 Å². The number of nitro groups is 1. The zero-order valence-corrected chi connectivity index (χ0v) is 7.73. The predicted molar refractivity (Wildman–Crippen MR) is 52.0 cm³/mol. The Balaban J connectivity index is 3.15. The Hall–Kier alpha value is -1.86. The first-order valence-corrected chi connectivity index (χ1v) is 4.03. The van der Waals surface area contributed by atoms with Crippen molar-refractivity contribution in [3.8, 4) is 6.07 Å². The first-order chi connectivity index (χ1) is 6.65. The Kier molecular flexibility index (Phi) is 3.21. The van der Waals surface area contributed by atoms with Gasteiger partial charge in [0.25, 0.3) is 0 Å². The molecule has 0 aliphatic rings. The molecule has 0 heterocycles. The molecule has 0 spiro atoms. The van der Waals surface area contributed by atoms with E-state index in [-0.39, 0.29) is 0 Å². The lowest BCUT2D eigenvalue weighted by Gasteiger charge is -1.94. The molecule has 0 aliphatic heterocycles. The number of halogens is 1. The van der Waals surface area contributed by atoms with Gasteiger partial charge in [0.05, 0.1) is 4.92 Å². The van der Waals surface area contributed by atoms with E-state index in [1.54, 1.807) is 24.3 Å². The maximum atomic E-state index is 10.3. The molecule has 0 radical (unpaired) electrons. The van der Waals surface area contributed by atoms with Gasteiger partial charge in [0.2, 0.25) is 0 Å². The lowest BCUT2D eigenvalue weighted by atomic mass is 10.2. The molecule has 1 aromatic rings. The molecule has 1 rings (SSSR count). The molecule has 70 valence electrons. The third-order valence-electron chi connectivity index (χ3n) is 1.51. The Labute approximate surface area is 85.2 Å². The number of allylic oxidation sites excluding steroid dienone is 1. The van der Waals surface area contributed by atoms with Gasteiger partial charge in [-0.25, -0.2) is 0 Å². The van der Waals surface area contributed by atoms with Crippen molar-refractivity contribution < 1.29 is 4.92 Å². The van der Waals surface area contributed by atoms with Crippen LogP contribution in [0.25, 0.3) is 6.08 Å². The van der Waals surface area contributed by atoms with E-state index in [0.29, 0.717) is 10.6 Å². The summed E-state index contributed by atoms with van der Waals surface area (Å²) in [6.45, 7) is 0. The fraction of sp³-hybridized carbons (Fsp3) is 0. The predicted octanol–water partition coefficient (Wildman–Crippen LogP) is 2.48. The minimum Gasteiger partial charge on any atom is -0.258 e. The second-order valence-corrected chi connectivity index (χ2v) is 2.83. The van der Waals surface area contributed by atoms with E-state index in [2.05, 4.69) is 0 Å². The lowest BCUT2D eigenvalue weighted by molar-refractivity contribution is -0.415. The van der Waals surface area contributed by atoms with Gasteiger partial charge < -0.3 is 0 Å². The molecular formula is C9H5ClN2O2. The van der Waals surface area contributed by atoms with Crippen LogP contribution in [-0.4, -0.2) is 4.92 Å². The highest BCUT2D eigenvalue weighted by Gasteiger charge is 2.09. The van der Waals surface area contributed by atoms with Gasteiger partial charge >= 0.3 is 5.70 Å². The van der Waals surface area contributed by atoms with Gasteiger partial charge in [0, 0.05) is 16.7 Å². The Bertz CT molecular complexity index is 435. The molecule has 0 aromatic heterocycles. The van der Waals surface area contributed by atoms with Gasteiger partial charge in [0.1, 0.15) is 0 Å². The van der Waals surface area contributed by atoms with Crippen LogP contribution in [0, 0.1) is 21.4 Å². The maximum absolute atomic E-state index is 10.3.